The van der Waals surface area contributed by atoms with Gasteiger partial charge in [-0.2, -0.15) is 13.2 Å². The van der Waals surface area contributed by atoms with E-state index in [0.717, 1.165) is 0 Å². The summed E-state index contributed by atoms with van der Waals surface area (Å²) < 4.78 is 35.5. The molecule has 0 radical (unpaired) electrons. The molecule has 0 aromatic carbocycles. The quantitative estimate of drug-likeness (QED) is 0.760. The molecular formula is C9H15F3O2. The van der Waals surface area contributed by atoms with Crippen LogP contribution < -0.4 is 0 Å². The van der Waals surface area contributed by atoms with Crippen molar-refractivity contribution < 1.29 is 23.1 Å². The Morgan fingerprint density at radius 1 is 1.36 bits per heavy atom. The zero-order valence-electron chi connectivity index (χ0n) is 8.27. The van der Waals surface area contributed by atoms with Crippen LogP contribution in [0.2, 0.25) is 0 Å². The van der Waals surface area contributed by atoms with Crippen molar-refractivity contribution in [2.24, 2.45) is 11.8 Å². The van der Waals surface area contributed by atoms with Gasteiger partial charge in [0.1, 0.15) is 0 Å². The lowest BCUT2D eigenvalue weighted by Crippen LogP contribution is -2.19. The van der Waals surface area contributed by atoms with Crippen molar-refractivity contribution in [2.75, 3.05) is 0 Å². The van der Waals surface area contributed by atoms with Gasteiger partial charge >= 0.3 is 12.1 Å². The molecule has 84 valence electrons. The Bertz CT molecular complexity index is 187. The molecule has 0 saturated heterocycles. The molecule has 0 aliphatic rings. The number of hydrogen-bond acceptors (Lipinski definition) is 1. The molecule has 0 fully saturated rings. The zero-order chi connectivity index (χ0) is 11.4. The van der Waals surface area contributed by atoms with Crippen LogP contribution in [0.25, 0.3) is 0 Å². The van der Waals surface area contributed by atoms with Crippen LogP contribution in [0, 0.1) is 11.8 Å². The van der Waals surface area contributed by atoms with Gasteiger partial charge in [0.05, 0.1) is 5.92 Å². The maximum Gasteiger partial charge on any atom is 0.389 e. The van der Waals surface area contributed by atoms with Crippen molar-refractivity contribution in [3.8, 4) is 0 Å². The lowest BCUT2D eigenvalue weighted by molar-refractivity contribution is -0.149. The molecule has 2 nitrogen and oxygen atoms in total. The van der Waals surface area contributed by atoms with Gasteiger partial charge in [0.15, 0.2) is 0 Å². The van der Waals surface area contributed by atoms with Gasteiger partial charge < -0.3 is 5.11 Å². The molecule has 0 amide bonds. The first kappa shape index (κ1) is 13.3. The van der Waals surface area contributed by atoms with Gasteiger partial charge in [-0.1, -0.05) is 13.8 Å². The van der Waals surface area contributed by atoms with Crippen LogP contribution in [0.5, 0.6) is 0 Å². The molecule has 0 aromatic heterocycles. The molecule has 0 rings (SSSR count). The van der Waals surface area contributed by atoms with E-state index in [9.17, 15) is 18.0 Å². The minimum absolute atomic E-state index is 0.101. The molecule has 0 aliphatic carbocycles. The Kier molecular flexibility index (Phi) is 4.94. The summed E-state index contributed by atoms with van der Waals surface area (Å²) in [4.78, 5) is 10.6. The van der Waals surface area contributed by atoms with Gasteiger partial charge in [-0.3, -0.25) is 4.79 Å². The van der Waals surface area contributed by atoms with E-state index in [4.69, 9.17) is 5.11 Å². The molecule has 5 heteroatoms. The second kappa shape index (κ2) is 5.22. The van der Waals surface area contributed by atoms with E-state index < -0.39 is 24.5 Å². The minimum Gasteiger partial charge on any atom is -0.481 e. The summed E-state index contributed by atoms with van der Waals surface area (Å²) in [5, 5.41) is 8.65. The average molecular weight is 212 g/mol. The summed E-state index contributed by atoms with van der Waals surface area (Å²) in [6.45, 7) is 3.59. The molecular weight excluding hydrogens is 197 g/mol. The Labute approximate surface area is 81.1 Å². The van der Waals surface area contributed by atoms with Crippen molar-refractivity contribution in [3.63, 3.8) is 0 Å². The number of rotatable bonds is 5. The standard InChI is InChI=1S/C9H15F3O2/c1-6(2)5-7(8(13)14)3-4-9(10,11)12/h6-7H,3-5H2,1-2H3,(H,13,14). The molecule has 1 N–H and O–H groups in total. The third-order valence-electron chi connectivity index (χ3n) is 1.88. The van der Waals surface area contributed by atoms with E-state index >= 15 is 0 Å². The second-order valence-electron chi connectivity index (χ2n) is 3.82. The molecule has 0 spiro atoms. The number of halogens is 3. The number of carboxylic acid groups (broad SMARTS) is 1. The second-order valence-corrected chi connectivity index (χ2v) is 3.82. The smallest absolute Gasteiger partial charge is 0.389 e. The largest absolute Gasteiger partial charge is 0.481 e. The highest BCUT2D eigenvalue weighted by molar-refractivity contribution is 5.69. The normalized spacial score (nSPS) is 14.4. The zero-order valence-corrected chi connectivity index (χ0v) is 8.27. The van der Waals surface area contributed by atoms with Crippen molar-refractivity contribution in [3.05, 3.63) is 0 Å². The van der Waals surface area contributed by atoms with Crippen molar-refractivity contribution in [1.29, 1.82) is 0 Å². The van der Waals surface area contributed by atoms with Crippen LogP contribution in [0.4, 0.5) is 13.2 Å². The topological polar surface area (TPSA) is 37.3 Å². The summed E-state index contributed by atoms with van der Waals surface area (Å²) in [5.41, 5.74) is 0. The van der Waals surface area contributed by atoms with E-state index in [-0.39, 0.29) is 12.3 Å². The molecule has 0 aliphatic heterocycles. The predicted molar refractivity (Wildman–Crippen MR) is 45.9 cm³/mol. The number of hydrogen-bond donors (Lipinski definition) is 1. The van der Waals surface area contributed by atoms with E-state index in [1.165, 1.54) is 0 Å². The summed E-state index contributed by atoms with van der Waals surface area (Å²) in [5.74, 6) is -1.91. The Morgan fingerprint density at radius 2 is 1.86 bits per heavy atom. The van der Waals surface area contributed by atoms with Gasteiger partial charge in [-0.15, -0.1) is 0 Å². The fourth-order valence-electron chi connectivity index (χ4n) is 1.25. The Hall–Kier alpha value is -0.740. The molecule has 0 heterocycles. The van der Waals surface area contributed by atoms with Crippen molar-refractivity contribution in [2.45, 2.75) is 39.3 Å². The van der Waals surface area contributed by atoms with Crippen LogP contribution in [-0.2, 0) is 4.79 Å². The van der Waals surface area contributed by atoms with Gasteiger partial charge in [-0.25, -0.2) is 0 Å². The van der Waals surface area contributed by atoms with E-state index in [1.807, 2.05) is 0 Å². The van der Waals surface area contributed by atoms with Gasteiger partial charge in [0.2, 0.25) is 0 Å². The number of carbonyl (C=O) groups is 1. The molecule has 1 unspecified atom stereocenters. The Balaban J connectivity index is 4.05. The molecule has 0 aromatic rings. The lowest BCUT2D eigenvalue weighted by atomic mass is 9.93. The third-order valence-corrected chi connectivity index (χ3v) is 1.88. The first-order chi connectivity index (χ1) is 6.22. The molecule has 0 saturated carbocycles. The fraction of sp³-hybridized carbons (Fsp3) is 0.889. The fourth-order valence-corrected chi connectivity index (χ4v) is 1.25. The molecule has 0 bridgehead atoms. The first-order valence-electron chi connectivity index (χ1n) is 4.52. The highest BCUT2D eigenvalue weighted by Gasteiger charge is 2.30. The monoisotopic (exact) mass is 212 g/mol. The number of alkyl halides is 3. The van der Waals surface area contributed by atoms with Crippen molar-refractivity contribution in [1.82, 2.24) is 0 Å². The van der Waals surface area contributed by atoms with Crippen molar-refractivity contribution >= 4 is 5.97 Å². The van der Waals surface area contributed by atoms with Crippen LogP contribution in [0.3, 0.4) is 0 Å². The van der Waals surface area contributed by atoms with Crippen LogP contribution in [-0.4, -0.2) is 17.3 Å². The Morgan fingerprint density at radius 3 is 2.14 bits per heavy atom. The summed E-state index contributed by atoms with van der Waals surface area (Å²) in [6.07, 6.45) is -5.30. The maximum absolute atomic E-state index is 11.8. The van der Waals surface area contributed by atoms with Gasteiger partial charge in [0, 0.05) is 6.42 Å². The van der Waals surface area contributed by atoms with E-state index in [1.54, 1.807) is 13.8 Å². The number of aliphatic carboxylic acids is 1. The SMILES string of the molecule is CC(C)CC(CCC(F)(F)F)C(=O)O. The first-order valence-corrected chi connectivity index (χ1v) is 4.52. The highest BCUT2D eigenvalue weighted by Crippen LogP contribution is 2.26. The van der Waals surface area contributed by atoms with Crippen LogP contribution >= 0.6 is 0 Å². The minimum atomic E-state index is -4.26. The molecule has 14 heavy (non-hydrogen) atoms. The van der Waals surface area contributed by atoms with E-state index in [0.29, 0.717) is 6.42 Å². The number of carboxylic acids is 1. The summed E-state index contributed by atoms with van der Waals surface area (Å²) >= 11 is 0. The highest BCUT2D eigenvalue weighted by atomic mass is 19.4. The van der Waals surface area contributed by atoms with Gasteiger partial charge in [0.25, 0.3) is 0 Å². The molecule has 1 atom stereocenters. The predicted octanol–water partition coefficient (Wildman–Crippen LogP) is 3.08. The average Bonchev–Trinajstić information content (AvgIpc) is 1.94. The van der Waals surface area contributed by atoms with E-state index in [2.05, 4.69) is 0 Å². The summed E-state index contributed by atoms with van der Waals surface area (Å²) in [6, 6.07) is 0. The maximum atomic E-state index is 11.8. The van der Waals surface area contributed by atoms with Crippen LogP contribution in [0.15, 0.2) is 0 Å². The van der Waals surface area contributed by atoms with Crippen LogP contribution in [0.1, 0.15) is 33.1 Å². The third kappa shape index (κ3) is 6.74. The van der Waals surface area contributed by atoms with Gasteiger partial charge in [-0.05, 0) is 18.8 Å². The lowest BCUT2D eigenvalue weighted by Gasteiger charge is -2.15. The summed E-state index contributed by atoms with van der Waals surface area (Å²) in [7, 11) is 0.